The summed E-state index contributed by atoms with van der Waals surface area (Å²) in [5, 5.41) is 25.0. The van der Waals surface area contributed by atoms with Gasteiger partial charge >= 0.3 is 5.95 Å². The molecule has 152 valence electrons. The molecule has 13 nitrogen and oxygen atoms in total. The number of rotatable bonds is 7. The number of nitrogens with one attached hydrogen (secondary N) is 1. The van der Waals surface area contributed by atoms with E-state index in [1.807, 2.05) is 0 Å². The van der Waals surface area contributed by atoms with Crippen molar-refractivity contribution in [3.05, 3.63) is 76.4 Å². The Kier molecular flexibility index (Phi) is 4.94. The molecular weight excluding hydrogens is 399 g/mol. The van der Waals surface area contributed by atoms with E-state index < -0.39 is 16.8 Å². The minimum Gasteiger partial charge on any atom is -0.390 e. The number of amides is 1. The minimum absolute atomic E-state index is 0.0363. The number of hydrogen-bond donors (Lipinski definition) is 1. The summed E-state index contributed by atoms with van der Waals surface area (Å²) < 4.78 is 17.3. The highest BCUT2D eigenvalue weighted by atomic mass is 19.1. The van der Waals surface area contributed by atoms with Crippen LogP contribution >= 0.6 is 0 Å². The van der Waals surface area contributed by atoms with Gasteiger partial charge < -0.3 is 10.1 Å². The van der Waals surface area contributed by atoms with E-state index in [9.17, 15) is 19.3 Å². The van der Waals surface area contributed by atoms with Crippen LogP contribution in [0.15, 0.2) is 49.2 Å². The molecule has 0 bridgehead atoms. The molecule has 3 aromatic heterocycles. The van der Waals surface area contributed by atoms with Gasteiger partial charge in [0.15, 0.2) is 12.4 Å². The van der Waals surface area contributed by atoms with E-state index in [0.29, 0.717) is 12.1 Å². The first-order valence-corrected chi connectivity index (χ1v) is 8.49. The van der Waals surface area contributed by atoms with Crippen molar-refractivity contribution >= 4 is 17.8 Å². The van der Waals surface area contributed by atoms with Gasteiger partial charge in [-0.2, -0.15) is 9.78 Å². The molecule has 0 fully saturated rings. The van der Waals surface area contributed by atoms with Crippen LogP contribution in [0, 0.1) is 15.9 Å². The number of nitrogens with zero attached hydrogens (tertiary/aromatic N) is 9. The van der Waals surface area contributed by atoms with Gasteiger partial charge in [0.05, 0.1) is 6.54 Å². The molecule has 14 heteroatoms. The average molecular weight is 412 g/mol. The van der Waals surface area contributed by atoms with Gasteiger partial charge in [-0.25, -0.2) is 18.7 Å². The second-order valence-corrected chi connectivity index (χ2v) is 6.07. The maximum atomic E-state index is 13.3. The van der Waals surface area contributed by atoms with Crippen LogP contribution in [-0.2, 0) is 13.2 Å². The van der Waals surface area contributed by atoms with Crippen molar-refractivity contribution in [2.45, 2.75) is 13.2 Å². The summed E-state index contributed by atoms with van der Waals surface area (Å²) in [6.45, 7) is 0.327. The molecule has 1 N–H and O–H groups in total. The van der Waals surface area contributed by atoms with Crippen molar-refractivity contribution in [2.24, 2.45) is 0 Å². The van der Waals surface area contributed by atoms with Gasteiger partial charge in [-0.1, -0.05) is 17.1 Å². The quantitative estimate of drug-likeness (QED) is 0.347. The third kappa shape index (κ3) is 4.32. The topological polar surface area (TPSA) is 151 Å². The molecule has 30 heavy (non-hydrogen) atoms. The molecule has 0 unspecified atom stereocenters. The van der Waals surface area contributed by atoms with Crippen molar-refractivity contribution in [3.8, 4) is 0 Å². The van der Waals surface area contributed by atoms with E-state index in [1.54, 1.807) is 12.1 Å². The summed E-state index contributed by atoms with van der Waals surface area (Å²) >= 11 is 0. The monoisotopic (exact) mass is 412 g/mol. The molecule has 0 atom stereocenters. The first kappa shape index (κ1) is 18.9. The molecule has 0 aliphatic heterocycles. The summed E-state index contributed by atoms with van der Waals surface area (Å²) in [5.41, 5.74) is 0.788. The largest absolute Gasteiger partial charge is 0.491 e. The van der Waals surface area contributed by atoms with Crippen LogP contribution in [0.4, 0.5) is 16.3 Å². The molecule has 4 aromatic rings. The zero-order chi connectivity index (χ0) is 21.1. The Morgan fingerprint density at radius 3 is 2.70 bits per heavy atom. The Balaban J connectivity index is 1.37. The number of halogens is 1. The van der Waals surface area contributed by atoms with E-state index in [1.165, 1.54) is 51.1 Å². The van der Waals surface area contributed by atoms with Crippen molar-refractivity contribution in [2.75, 3.05) is 5.32 Å². The SMILES string of the molecule is O=C(Nc1ncn(Cc2cccc(F)c2)n1)c1ccn(Cn2cnc([N+](=O)[O-])n2)n1. The van der Waals surface area contributed by atoms with Gasteiger partial charge in [0, 0.05) is 11.3 Å². The van der Waals surface area contributed by atoms with Gasteiger partial charge in [-0.15, -0.1) is 5.10 Å². The van der Waals surface area contributed by atoms with E-state index in [0.717, 1.165) is 0 Å². The van der Waals surface area contributed by atoms with Crippen molar-refractivity contribution in [1.82, 2.24) is 39.3 Å². The van der Waals surface area contributed by atoms with Crippen molar-refractivity contribution in [3.63, 3.8) is 0 Å². The molecule has 0 saturated heterocycles. The number of benzene rings is 1. The van der Waals surface area contributed by atoms with E-state index >= 15 is 0 Å². The molecule has 1 aromatic carbocycles. The van der Waals surface area contributed by atoms with Crippen molar-refractivity contribution in [1.29, 1.82) is 0 Å². The number of hydrogen-bond acceptors (Lipinski definition) is 8. The van der Waals surface area contributed by atoms with Gasteiger partial charge in [-0.05, 0) is 28.7 Å². The Hall–Kier alpha value is -4.49. The maximum Gasteiger partial charge on any atom is 0.491 e. The zero-order valence-corrected chi connectivity index (χ0v) is 15.2. The lowest BCUT2D eigenvalue weighted by Crippen LogP contribution is -2.16. The molecule has 0 radical (unpaired) electrons. The maximum absolute atomic E-state index is 13.3. The summed E-state index contributed by atoms with van der Waals surface area (Å²) in [6, 6.07) is 7.54. The summed E-state index contributed by atoms with van der Waals surface area (Å²) in [6.07, 6.45) is 4.11. The fourth-order valence-electron chi connectivity index (χ4n) is 2.56. The molecule has 0 aliphatic rings. The third-order valence-electron chi connectivity index (χ3n) is 3.85. The number of aromatic nitrogens is 8. The average Bonchev–Trinajstić information content (AvgIpc) is 3.44. The number of carbonyl (C=O) groups is 1. The normalized spacial score (nSPS) is 10.8. The zero-order valence-electron chi connectivity index (χ0n) is 15.2. The number of carbonyl (C=O) groups excluding carboxylic acids is 1. The van der Waals surface area contributed by atoms with E-state index in [4.69, 9.17) is 0 Å². The highest BCUT2D eigenvalue weighted by Crippen LogP contribution is 2.07. The van der Waals surface area contributed by atoms with Crippen LogP contribution in [-0.4, -0.2) is 50.1 Å². The predicted molar refractivity (Wildman–Crippen MR) is 97.8 cm³/mol. The van der Waals surface area contributed by atoms with Gasteiger partial charge in [-0.3, -0.25) is 10.1 Å². The van der Waals surface area contributed by atoms with Crippen LogP contribution in [0.2, 0.25) is 0 Å². The lowest BCUT2D eigenvalue weighted by molar-refractivity contribution is -0.394. The van der Waals surface area contributed by atoms with Crippen LogP contribution in [0.25, 0.3) is 0 Å². The standard InChI is InChI=1S/C16H13FN10O3/c17-12-3-1-2-11(6-12)7-25-8-18-15(22-25)20-14(28)13-4-5-24(21-13)10-26-9-19-16(23-26)27(29)30/h1-6,8-9H,7,10H2,(H,20,22,28). The molecule has 0 saturated carbocycles. The molecule has 0 spiro atoms. The fraction of sp³-hybridized carbons (Fsp3) is 0.125. The van der Waals surface area contributed by atoms with E-state index in [2.05, 4.69) is 30.6 Å². The summed E-state index contributed by atoms with van der Waals surface area (Å²) in [7, 11) is 0. The van der Waals surface area contributed by atoms with E-state index in [-0.39, 0.29) is 24.1 Å². The highest BCUT2D eigenvalue weighted by molar-refractivity contribution is 6.01. The summed E-state index contributed by atoms with van der Waals surface area (Å²) in [4.78, 5) is 29.8. The van der Waals surface area contributed by atoms with Crippen LogP contribution in [0.3, 0.4) is 0 Å². The van der Waals surface area contributed by atoms with Crippen LogP contribution in [0.1, 0.15) is 16.1 Å². The third-order valence-corrected chi connectivity index (χ3v) is 3.85. The molecule has 1 amide bonds. The van der Waals surface area contributed by atoms with Gasteiger partial charge in [0.2, 0.25) is 12.3 Å². The van der Waals surface area contributed by atoms with Crippen molar-refractivity contribution < 1.29 is 14.1 Å². The number of anilines is 1. The Bertz CT molecular complexity index is 1210. The molecule has 0 aliphatic carbocycles. The van der Waals surface area contributed by atoms with Gasteiger partial charge in [0.25, 0.3) is 5.91 Å². The van der Waals surface area contributed by atoms with Crippen LogP contribution < -0.4 is 5.32 Å². The lowest BCUT2D eigenvalue weighted by atomic mass is 10.2. The smallest absolute Gasteiger partial charge is 0.390 e. The Morgan fingerprint density at radius 1 is 1.10 bits per heavy atom. The predicted octanol–water partition coefficient (Wildman–Crippen LogP) is 0.920. The highest BCUT2D eigenvalue weighted by Gasteiger charge is 2.15. The first-order chi connectivity index (χ1) is 14.5. The van der Waals surface area contributed by atoms with Gasteiger partial charge in [0.1, 0.15) is 12.1 Å². The lowest BCUT2D eigenvalue weighted by Gasteiger charge is -2.01. The second kappa shape index (κ2) is 7.86. The molecule has 4 rings (SSSR count). The fourth-order valence-corrected chi connectivity index (χ4v) is 2.56. The Labute approximate surface area is 166 Å². The molecule has 3 heterocycles. The number of nitro groups is 1. The Morgan fingerprint density at radius 2 is 1.93 bits per heavy atom. The van der Waals surface area contributed by atoms with Crippen LogP contribution in [0.5, 0.6) is 0 Å². The second-order valence-electron chi connectivity index (χ2n) is 6.07. The minimum atomic E-state index is -0.709. The first-order valence-electron chi connectivity index (χ1n) is 8.49. The molecular formula is C16H13FN10O3. The summed E-state index contributed by atoms with van der Waals surface area (Å²) in [5.74, 6) is -1.35.